The summed E-state index contributed by atoms with van der Waals surface area (Å²) in [5.41, 5.74) is 1.75. The summed E-state index contributed by atoms with van der Waals surface area (Å²) in [6, 6.07) is 11.8. The van der Waals surface area contributed by atoms with Crippen LogP contribution in [0.1, 0.15) is 35.6 Å². The highest BCUT2D eigenvalue weighted by Crippen LogP contribution is 2.20. The number of pyridine rings is 1. The van der Waals surface area contributed by atoms with Gasteiger partial charge in [-0.25, -0.2) is 8.42 Å². The number of aryl methyl sites for hydroxylation is 1. The number of carbonyl (C=O) groups is 1. The molecule has 0 fully saturated rings. The average Bonchev–Trinajstić information content (AvgIpc) is 2.52. The lowest BCUT2D eigenvalue weighted by Crippen LogP contribution is -2.26. The zero-order valence-corrected chi connectivity index (χ0v) is 14.2. The second-order valence-electron chi connectivity index (χ2n) is 5.54. The number of amides is 1. The zero-order valence-electron chi connectivity index (χ0n) is 13.4. The molecule has 23 heavy (non-hydrogen) atoms. The lowest BCUT2D eigenvalue weighted by molar-refractivity contribution is 0.0947. The van der Waals surface area contributed by atoms with Gasteiger partial charge in [-0.2, -0.15) is 0 Å². The molecule has 0 unspecified atom stereocenters. The van der Waals surface area contributed by atoms with E-state index in [4.69, 9.17) is 0 Å². The van der Waals surface area contributed by atoms with Crippen LogP contribution in [0.15, 0.2) is 47.4 Å². The van der Waals surface area contributed by atoms with Gasteiger partial charge in [-0.05, 0) is 45.0 Å². The van der Waals surface area contributed by atoms with Crippen LogP contribution in [-0.4, -0.2) is 24.6 Å². The molecule has 1 aromatic heterocycles. The smallest absolute Gasteiger partial charge is 0.252 e. The van der Waals surface area contributed by atoms with Gasteiger partial charge in [-0.15, -0.1) is 0 Å². The molecule has 5 nitrogen and oxygen atoms in total. The molecule has 2 aromatic rings. The summed E-state index contributed by atoms with van der Waals surface area (Å²) in [5, 5.41) is 2.14. The number of nitrogens with one attached hydrogen (secondary N) is 1. The number of benzene rings is 1. The van der Waals surface area contributed by atoms with E-state index in [1.54, 1.807) is 26.0 Å². The highest BCUT2D eigenvalue weighted by Gasteiger charge is 2.25. The summed E-state index contributed by atoms with van der Waals surface area (Å²) in [5.74, 6) is -0.423. The van der Waals surface area contributed by atoms with Crippen molar-refractivity contribution >= 4 is 15.7 Å². The van der Waals surface area contributed by atoms with Crippen molar-refractivity contribution < 1.29 is 13.2 Å². The van der Waals surface area contributed by atoms with Crippen LogP contribution in [0.4, 0.5) is 0 Å². The van der Waals surface area contributed by atoms with Crippen molar-refractivity contribution in [3.05, 3.63) is 59.4 Å². The molecule has 0 aliphatic carbocycles. The lowest BCUT2D eigenvalue weighted by atomic mass is 10.2. The molecule has 0 atom stereocenters. The number of hydrogen-bond donors (Lipinski definition) is 1. The molecule has 1 aromatic carbocycles. The van der Waals surface area contributed by atoms with Gasteiger partial charge in [-0.1, -0.05) is 18.2 Å². The van der Waals surface area contributed by atoms with Crippen molar-refractivity contribution in [1.82, 2.24) is 10.3 Å². The van der Waals surface area contributed by atoms with Gasteiger partial charge in [0.05, 0.1) is 27.9 Å². The summed E-state index contributed by atoms with van der Waals surface area (Å²) in [7, 11) is -3.52. The second-order valence-corrected chi connectivity index (χ2v) is 8.02. The molecule has 0 radical (unpaired) electrons. The van der Waals surface area contributed by atoms with Crippen molar-refractivity contribution in [3.8, 4) is 0 Å². The molecule has 0 saturated carbocycles. The van der Waals surface area contributed by atoms with E-state index in [9.17, 15) is 13.2 Å². The third-order valence-electron chi connectivity index (χ3n) is 3.43. The summed E-state index contributed by atoms with van der Waals surface area (Å²) in [6.07, 6.45) is 0. The molecule has 6 heteroatoms. The monoisotopic (exact) mass is 332 g/mol. The number of rotatable bonds is 5. The van der Waals surface area contributed by atoms with E-state index in [0.717, 1.165) is 11.4 Å². The van der Waals surface area contributed by atoms with Gasteiger partial charge in [0.25, 0.3) is 5.91 Å². The fourth-order valence-corrected chi connectivity index (χ4v) is 3.36. The fraction of sp³-hybridized carbons (Fsp3) is 0.294. The Hall–Kier alpha value is -2.21. The van der Waals surface area contributed by atoms with Gasteiger partial charge in [0.2, 0.25) is 0 Å². The first-order valence-corrected chi connectivity index (χ1v) is 8.90. The molecule has 1 heterocycles. The van der Waals surface area contributed by atoms with E-state index < -0.39 is 21.0 Å². The van der Waals surface area contributed by atoms with Crippen LogP contribution in [-0.2, 0) is 16.4 Å². The number of aromatic nitrogens is 1. The number of hydrogen-bond acceptors (Lipinski definition) is 4. The van der Waals surface area contributed by atoms with Crippen LogP contribution in [0.25, 0.3) is 0 Å². The van der Waals surface area contributed by atoms with Crippen LogP contribution in [0, 0.1) is 6.92 Å². The maximum atomic E-state index is 12.4. The third kappa shape index (κ3) is 3.96. The Balaban J connectivity index is 2.24. The van der Waals surface area contributed by atoms with Gasteiger partial charge in [0.1, 0.15) is 0 Å². The lowest BCUT2D eigenvalue weighted by Gasteiger charge is -2.13. The van der Waals surface area contributed by atoms with E-state index in [-0.39, 0.29) is 17.0 Å². The molecular weight excluding hydrogens is 312 g/mol. The average molecular weight is 332 g/mol. The molecule has 0 bridgehead atoms. The molecule has 122 valence electrons. The van der Waals surface area contributed by atoms with Crippen LogP contribution < -0.4 is 5.32 Å². The molecule has 0 saturated heterocycles. The number of nitrogens with zero attached hydrogens (tertiary/aromatic N) is 1. The largest absolute Gasteiger partial charge is 0.346 e. The van der Waals surface area contributed by atoms with Crippen molar-refractivity contribution in [3.63, 3.8) is 0 Å². The van der Waals surface area contributed by atoms with Crippen molar-refractivity contribution in [1.29, 1.82) is 0 Å². The topological polar surface area (TPSA) is 76.1 Å². The Kier molecular flexibility index (Phi) is 5.15. The highest BCUT2D eigenvalue weighted by molar-refractivity contribution is 7.92. The molecule has 0 spiro atoms. The first-order valence-electron chi connectivity index (χ1n) is 7.36. The standard InChI is InChI=1S/C17H20N2O3S/c1-12(2)23(21,22)16-10-5-4-9-15(16)17(20)18-11-14-8-6-7-13(3)19-14/h4-10,12H,11H2,1-3H3,(H,18,20). The van der Waals surface area contributed by atoms with Crippen molar-refractivity contribution in [2.75, 3.05) is 0 Å². The molecule has 0 aliphatic heterocycles. The summed E-state index contributed by atoms with van der Waals surface area (Å²) in [4.78, 5) is 16.8. The minimum Gasteiger partial charge on any atom is -0.346 e. The SMILES string of the molecule is Cc1cccc(CNC(=O)c2ccccc2S(=O)(=O)C(C)C)n1. The highest BCUT2D eigenvalue weighted by atomic mass is 32.2. The number of carbonyl (C=O) groups excluding carboxylic acids is 1. The van der Waals surface area contributed by atoms with Gasteiger partial charge in [0.15, 0.2) is 9.84 Å². The minimum absolute atomic E-state index is 0.0599. The molecule has 1 amide bonds. The number of sulfone groups is 1. The predicted octanol–water partition coefficient (Wildman–Crippen LogP) is 2.50. The van der Waals surface area contributed by atoms with E-state index >= 15 is 0 Å². The van der Waals surface area contributed by atoms with Crippen LogP contribution in [0.5, 0.6) is 0 Å². The third-order valence-corrected chi connectivity index (χ3v) is 5.65. The van der Waals surface area contributed by atoms with Crippen molar-refractivity contribution in [2.45, 2.75) is 37.5 Å². The summed E-state index contributed by atoms with van der Waals surface area (Å²) >= 11 is 0. The second kappa shape index (κ2) is 6.91. The first kappa shape index (κ1) is 17.1. The van der Waals surface area contributed by atoms with Crippen LogP contribution >= 0.6 is 0 Å². The van der Waals surface area contributed by atoms with E-state index in [1.165, 1.54) is 12.1 Å². The maximum absolute atomic E-state index is 12.4. The fourth-order valence-electron chi connectivity index (χ4n) is 2.12. The van der Waals surface area contributed by atoms with Gasteiger partial charge < -0.3 is 5.32 Å². The Morgan fingerprint density at radius 2 is 1.83 bits per heavy atom. The Bertz CT molecular complexity index is 814. The Labute approximate surface area is 136 Å². The molecular formula is C17H20N2O3S. The normalized spacial score (nSPS) is 11.5. The molecule has 1 N–H and O–H groups in total. The van der Waals surface area contributed by atoms with Gasteiger partial charge in [-0.3, -0.25) is 9.78 Å². The van der Waals surface area contributed by atoms with E-state index in [1.807, 2.05) is 25.1 Å². The van der Waals surface area contributed by atoms with E-state index in [0.29, 0.717) is 0 Å². The maximum Gasteiger partial charge on any atom is 0.252 e. The summed E-state index contributed by atoms with van der Waals surface area (Å²) < 4.78 is 24.8. The van der Waals surface area contributed by atoms with Gasteiger partial charge in [0, 0.05) is 5.69 Å². The molecule has 0 aliphatic rings. The van der Waals surface area contributed by atoms with E-state index in [2.05, 4.69) is 10.3 Å². The Morgan fingerprint density at radius 3 is 2.48 bits per heavy atom. The zero-order chi connectivity index (χ0) is 17.0. The van der Waals surface area contributed by atoms with Crippen molar-refractivity contribution in [2.24, 2.45) is 0 Å². The van der Waals surface area contributed by atoms with Crippen LogP contribution in [0.2, 0.25) is 0 Å². The Morgan fingerprint density at radius 1 is 1.13 bits per heavy atom. The minimum atomic E-state index is -3.52. The molecule has 2 rings (SSSR count). The summed E-state index contributed by atoms with van der Waals surface area (Å²) in [6.45, 7) is 5.31. The first-order chi connectivity index (χ1) is 10.8. The van der Waals surface area contributed by atoms with Crippen LogP contribution in [0.3, 0.4) is 0 Å². The predicted molar refractivity (Wildman–Crippen MR) is 88.9 cm³/mol. The quantitative estimate of drug-likeness (QED) is 0.913. The van der Waals surface area contributed by atoms with Gasteiger partial charge >= 0.3 is 0 Å².